The summed E-state index contributed by atoms with van der Waals surface area (Å²) in [5.41, 5.74) is 8.66. The molecule has 0 bridgehead atoms. The van der Waals surface area contributed by atoms with Gasteiger partial charge in [0.15, 0.2) is 0 Å². The highest BCUT2D eigenvalue weighted by Crippen LogP contribution is 2.39. The van der Waals surface area contributed by atoms with E-state index in [1.165, 1.54) is 12.3 Å². The minimum absolute atomic E-state index is 0.136. The predicted octanol–water partition coefficient (Wildman–Crippen LogP) is 13.6. The first kappa shape index (κ1) is 42.7. The molecule has 6 aromatic carbocycles. The number of aromatic nitrogens is 7. The summed E-state index contributed by atoms with van der Waals surface area (Å²) in [5, 5.41) is 12.9. The predicted molar refractivity (Wildman–Crippen MR) is 269 cm³/mol. The highest BCUT2D eigenvalue weighted by Gasteiger charge is 2.31. The topological polar surface area (TPSA) is 135 Å². The van der Waals surface area contributed by atoms with Gasteiger partial charge < -0.3 is 0 Å². The van der Waals surface area contributed by atoms with Crippen molar-refractivity contribution in [2.75, 3.05) is 0 Å². The van der Waals surface area contributed by atoms with E-state index in [9.17, 15) is 14.9 Å². The summed E-state index contributed by atoms with van der Waals surface area (Å²) in [6.45, 7) is 0. The number of ketones is 1. The summed E-state index contributed by atoms with van der Waals surface area (Å²) in [6.07, 6.45) is 3.34. The number of hydrogen-bond donors (Lipinski definition) is 0. The SMILES string of the molecule is Brc1ccc(-c2nc3c4ccccc4nc(-c4ccccn4)c3n2-c2ccccc2)cc1.O=C(c1ccccn1)c1c(-c2ccccc2[N+](=O)[O-])nc(-c2ccc(Br)cc2)n1-c1ccccc1. The molecule has 0 N–H and O–H groups in total. The number of pyridine rings is 3. The van der Waals surface area contributed by atoms with E-state index in [1.807, 2.05) is 121 Å². The summed E-state index contributed by atoms with van der Waals surface area (Å²) in [6, 6.07) is 60.8. The lowest BCUT2D eigenvalue weighted by Crippen LogP contribution is -2.12. The van der Waals surface area contributed by atoms with Crippen molar-refractivity contribution in [1.82, 2.24) is 34.1 Å². The van der Waals surface area contributed by atoms with Crippen molar-refractivity contribution in [3.05, 3.63) is 237 Å². The summed E-state index contributed by atoms with van der Waals surface area (Å²) in [4.78, 5) is 49.3. The van der Waals surface area contributed by atoms with Crippen molar-refractivity contribution in [3.8, 4) is 56.8 Å². The summed E-state index contributed by atoms with van der Waals surface area (Å²) in [5.74, 6) is 0.962. The molecule has 5 heterocycles. The normalized spacial score (nSPS) is 11.0. The van der Waals surface area contributed by atoms with Crippen molar-refractivity contribution in [1.29, 1.82) is 0 Å². The van der Waals surface area contributed by atoms with Crippen LogP contribution in [-0.4, -0.2) is 44.8 Å². The number of benzene rings is 6. The van der Waals surface area contributed by atoms with Crippen molar-refractivity contribution < 1.29 is 9.72 Å². The Balaban J connectivity index is 0.000000157. The number of carbonyl (C=O) groups excluding carboxylic acids is 1. The van der Waals surface area contributed by atoms with Crippen LogP contribution in [0.5, 0.6) is 0 Å². The molecule has 0 atom stereocenters. The van der Waals surface area contributed by atoms with E-state index in [2.05, 4.69) is 76.7 Å². The third kappa shape index (κ3) is 8.45. The monoisotopic (exact) mass is 1000 g/mol. The minimum Gasteiger partial charge on any atom is -0.290 e. The molecule has 0 saturated heterocycles. The van der Waals surface area contributed by atoms with Crippen LogP contribution in [-0.2, 0) is 0 Å². The van der Waals surface area contributed by atoms with Crippen LogP contribution in [0.25, 0.3) is 78.7 Å². The fourth-order valence-corrected chi connectivity index (χ4v) is 8.49. The van der Waals surface area contributed by atoms with Crippen LogP contribution in [0.1, 0.15) is 16.2 Å². The van der Waals surface area contributed by atoms with Crippen molar-refractivity contribution in [2.24, 2.45) is 0 Å². The van der Waals surface area contributed by atoms with Gasteiger partial charge in [0, 0.05) is 55.3 Å². The van der Waals surface area contributed by atoms with E-state index in [-0.39, 0.29) is 28.3 Å². The Labute approximate surface area is 400 Å². The van der Waals surface area contributed by atoms with Crippen LogP contribution in [0.15, 0.2) is 215 Å². The molecule has 13 heteroatoms. The standard InChI is InChI=1S/C27H17BrN4O3.C27H17BrN4/c28-19-15-13-18(14-16-19)27-30-24(21-10-4-5-12-23(21)32(34)35)25(26(33)22-11-6-7-17-29-22)31(27)20-8-2-1-3-9-20;28-19-15-13-18(14-16-19)27-31-24-21-10-4-5-11-22(21)30-25(23-12-6-7-17-29-23)26(24)32(27)20-8-2-1-3-9-20/h1-17H;1-17H. The molecule has 0 fully saturated rings. The van der Waals surface area contributed by atoms with Gasteiger partial charge in [-0.25, -0.2) is 15.0 Å². The maximum Gasteiger partial charge on any atom is 0.278 e. The molecule has 0 aliphatic heterocycles. The zero-order valence-electron chi connectivity index (χ0n) is 35.2. The smallest absolute Gasteiger partial charge is 0.278 e. The average Bonchev–Trinajstić information content (AvgIpc) is 3.99. The number of hydrogen-bond acceptors (Lipinski definition) is 8. The number of carbonyl (C=O) groups is 1. The van der Waals surface area contributed by atoms with Crippen LogP contribution < -0.4 is 0 Å². The quantitative estimate of drug-likeness (QED) is 0.0792. The molecule has 0 saturated carbocycles. The number of imidazole rings is 2. The zero-order chi connectivity index (χ0) is 45.9. The molecule has 11 nitrogen and oxygen atoms in total. The average molecular weight is 1000 g/mol. The molecule has 5 aromatic heterocycles. The zero-order valence-corrected chi connectivity index (χ0v) is 38.4. The summed E-state index contributed by atoms with van der Waals surface area (Å²) < 4.78 is 5.86. The number of rotatable bonds is 9. The second-order valence-electron chi connectivity index (χ2n) is 15.1. The molecule has 0 aliphatic carbocycles. The number of nitrogens with zero attached hydrogens (tertiary/aromatic N) is 8. The molecule has 0 aliphatic rings. The first-order valence-corrected chi connectivity index (χ1v) is 22.6. The second-order valence-corrected chi connectivity index (χ2v) is 17.0. The Morgan fingerprint density at radius 1 is 0.522 bits per heavy atom. The van der Waals surface area contributed by atoms with Crippen LogP contribution in [0.4, 0.5) is 5.69 Å². The van der Waals surface area contributed by atoms with Crippen LogP contribution in [0.2, 0.25) is 0 Å². The molecule has 0 spiro atoms. The van der Waals surface area contributed by atoms with Crippen LogP contribution in [0, 0.1) is 10.1 Å². The summed E-state index contributed by atoms with van der Waals surface area (Å²) in [7, 11) is 0. The van der Waals surface area contributed by atoms with Gasteiger partial charge in [0.25, 0.3) is 5.69 Å². The first-order valence-electron chi connectivity index (χ1n) is 21.0. The van der Waals surface area contributed by atoms with E-state index in [0.717, 1.165) is 64.9 Å². The fourth-order valence-electron chi connectivity index (χ4n) is 7.96. The van der Waals surface area contributed by atoms with Crippen molar-refractivity contribution in [3.63, 3.8) is 0 Å². The van der Waals surface area contributed by atoms with Gasteiger partial charge in [-0.3, -0.25) is 34.0 Å². The van der Waals surface area contributed by atoms with E-state index in [0.29, 0.717) is 11.5 Å². The lowest BCUT2D eigenvalue weighted by atomic mass is 10.0. The van der Waals surface area contributed by atoms with Crippen LogP contribution in [0.3, 0.4) is 0 Å². The Morgan fingerprint density at radius 3 is 1.69 bits per heavy atom. The highest BCUT2D eigenvalue weighted by atomic mass is 79.9. The van der Waals surface area contributed by atoms with Crippen LogP contribution >= 0.6 is 31.9 Å². The number of nitro groups is 1. The van der Waals surface area contributed by atoms with Gasteiger partial charge >= 0.3 is 0 Å². The van der Waals surface area contributed by atoms with Crippen molar-refractivity contribution in [2.45, 2.75) is 0 Å². The van der Waals surface area contributed by atoms with Gasteiger partial charge in [0.2, 0.25) is 5.78 Å². The Hall–Kier alpha value is -8.26. The number of para-hydroxylation sites is 4. The summed E-state index contributed by atoms with van der Waals surface area (Å²) >= 11 is 7.00. The molecule has 0 radical (unpaired) electrons. The number of fused-ring (bicyclic) bond motifs is 3. The third-order valence-electron chi connectivity index (χ3n) is 11.0. The fraction of sp³-hybridized carbons (Fsp3) is 0. The maximum atomic E-state index is 13.9. The molecule has 0 unspecified atom stereocenters. The minimum atomic E-state index is -0.467. The van der Waals surface area contributed by atoms with Gasteiger partial charge in [-0.05, 0) is 84.9 Å². The van der Waals surface area contributed by atoms with Gasteiger partial charge in [-0.1, -0.05) is 135 Å². The lowest BCUT2D eigenvalue weighted by Gasteiger charge is -2.12. The molecular formula is C54H34Br2N8O3. The Morgan fingerprint density at radius 2 is 1.07 bits per heavy atom. The molecule has 11 aromatic rings. The van der Waals surface area contributed by atoms with E-state index >= 15 is 0 Å². The second kappa shape index (κ2) is 18.7. The van der Waals surface area contributed by atoms with E-state index < -0.39 is 10.7 Å². The highest BCUT2D eigenvalue weighted by molar-refractivity contribution is 9.10. The number of nitro benzene ring substituents is 1. The van der Waals surface area contributed by atoms with E-state index in [4.69, 9.17) is 15.0 Å². The van der Waals surface area contributed by atoms with Gasteiger partial charge in [-0.15, -0.1) is 0 Å². The first-order chi connectivity index (χ1) is 32.8. The van der Waals surface area contributed by atoms with Crippen molar-refractivity contribution >= 4 is 65.3 Å². The third-order valence-corrected chi connectivity index (χ3v) is 12.0. The largest absolute Gasteiger partial charge is 0.290 e. The Bertz CT molecular complexity index is 3570. The molecule has 11 rings (SSSR count). The van der Waals surface area contributed by atoms with Gasteiger partial charge in [-0.2, -0.15) is 0 Å². The number of halogens is 2. The van der Waals surface area contributed by atoms with Gasteiger partial charge in [0.05, 0.1) is 21.7 Å². The molecular weight excluding hydrogens is 968 g/mol. The van der Waals surface area contributed by atoms with Gasteiger partial charge in [0.1, 0.15) is 45.5 Å². The Kier molecular flexibility index (Phi) is 11.9. The molecule has 67 heavy (non-hydrogen) atoms. The maximum absolute atomic E-state index is 13.9. The lowest BCUT2D eigenvalue weighted by molar-refractivity contribution is -0.384. The molecule has 0 amide bonds. The van der Waals surface area contributed by atoms with E-state index in [1.54, 1.807) is 47.2 Å². The molecule has 322 valence electrons.